The Kier molecular flexibility index (Phi) is 9.20. The number of anilines is 1. The molecule has 4 N–H and O–H groups in total. The summed E-state index contributed by atoms with van der Waals surface area (Å²) in [4.78, 5) is 16.0. The van der Waals surface area contributed by atoms with E-state index in [9.17, 15) is 26.7 Å². The maximum absolute atomic E-state index is 14.1. The van der Waals surface area contributed by atoms with Crippen molar-refractivity contribution in [1.29, 1.82) is 0 Å². The summed E-state index contributed by atoms with van der Waals surface area (Å²) in [6.45, 7) is 1.82. The average Bonchev–Trinajstić information content (AvgIpc) is 3.75. The molecule has 1 amide bonds. The van der Waals surface area contributed by atoms with Crippen LogP contribution in [0.2, 0.25) is 0 Å². The SMILES string of the molecule is N[C@H](C(=O)Nc1ccccc1CC[C@@H]1NCC(CCCS(=O)[O-])N2CC12)C1(c2ccc(F)cc2)CCC(F)(F)CC1. The first-order valence-corrected chi connectivity index (χ1v) is 15.7. The van der Waals surface area contributed by atoms with Gasteiger partial charge in [-0.05, 0) is 67.9 Å². The summed E-state index contributed by atoms with van der Waals surface area (Å²) in [7, 11) is 0. The Balaban J connectivity index is 1.22. The van der Waals surface area contributed by atoms with Gasteiger partial charge in [0, 0.05) is 60.9 Å². The van der Waals surface area contributed by atoms with Crippen LogP contribution in [0.15, 0.2) is 48.5 Å². The molecule has 0 aromatic heterocycles. The smallest absolute Gasteiger partial charge is 0.248 e. The van der Waals surface area contributed by atoms with Crippen molar-refractivity contribution in [3.05, 3.63) is 65.5 Å². The van der Waals surface area contributed by atoms with E-state index < -0.39 is 40.2 Å². The molecule has 2 heterocycles. The maximum atomic E-state index is 14.1. The Morgan fingerprint density at radius 1 is 1.12 bits per heavy atom. The van der Waals surface area contributed by atoms with E-state index in [1.54, 1.807) is 12.1 Å². The van der Waals surface area contributed by atoms with Crippen LogP contribution in [0.3, 0.4) is 0 Å². The number of carbonyl (C=O) groups excluding carboxylic acids is 1. The van der Waals surface area contributed by atoms with Crippen molar-refractivity contribution in [2.45, 2.75) is 86.9 Å². The van der Waals surface area contributed by atoms with E-state index in [2.05, 4.69) is 15.5 Å². The standard InChI is InChI=1S/C30H39F3N4O3S/c31-22-10-8-21(9-11-22)29(13-15-30(32,33)16-14-29)27(34)28(38)36-24-6-2-1-4-20(24)7-12-25-26-19-37(26)23(18-35-25)5-3-17-41(39)40/h1-2,4,6,8-11,23,25-27,35H,3,5,7,12-19,34H2,(H,36,38)(H,39,40)/p-1/t23?,25-,26?,27+,37?/m0/s1. The van der Waals surface area contributed by atoms with Gasteiger partial charge >= 0.3 is 0 Å². The summed E-state index contributed by atoms with van der Waals surface area (Å²) < 4.78 is 63.6. The number of piperazine rings is 1. The lowest BCUT2D eigenvalue weighted by Crippen LogP contribution is -2.55. The molecule has 3 fully saturated rings. The van der Waals surface area contributed by atoms with Crippen LogP contribution < -0.4 is 16.4 Å². The van der Waals surface area contributed by atoms with E-state index in [1.807, 2.05) is 24.3 Å². The highest BCUT2D eigenvalue weighted by Crippen LogP contribution is 2.47. The third-order valence-corrected chi connectivity index (χ3v) is 9.88. The summed E-state index contributed by atoms with van der Waals surface area (Å²) in [5, 5.41) is 6.61. The number of rotatable bonds is 11. The molecule has 7 nitrogen and oxygen atoms in total. The van der Waals surface area contributed by atoms with E-state index in [4.69, 9.17) is 5.73 Å². The normalized spacial score (nSPS) is 27.8. The highest BCUT2D eigenvalue weighted by Gasteiger charge is 2.50. The fourth-order valence-corrected chi connectivity index (χ4v) is 7.14. The van der Waals surface area contributed by atoms with Crippen molar-refractivity contribution in [1.82, 2.24) is 10.2 Å². The van der Waals surface area contributed by atoms with Gasteiger partial charge < -0.3 is 20.9 Å². The molecular weight excluding hydrogens is 553 g/mol. The van der Waals surface area contributed by atoms with Crippen molar-refractivity contribution >= 4 is 22.7 Å². The lowest BCUT2D eigenvalue weighted by Gasteiger charge is -2.44. The van der Waals surface area contributed by atoms with Gasteiger partial charge in [-0.15, -0.1) is 0 Å². The molecule has 0 radical (unpaired) electrons. The fraction of sp³-hybridized carbons (Fsp3) is 0.567. The number of alkyl halides is 2. The van der Waals surface area contributed by atoms with Crippen molar-refractivity contribution < 1.29 is 26.7 Å². The summed E-state index contributed by atoms with van der Waals surface area (Å²) >= 11 is -2.00. The Labute approximate surface area is 241 Å². The second kappa shape index (κ2) is 12.5. The number of hydrogen-bond acceptors (Lipinski definition) is 6. The minimum absolute atomic E-state index is 0.0306. The topological polar surface area (TPSA) is 110 Å². The fourth-order valence-electron chi connectivity index (χ4n) is 6.74. The molecule has 224 valence electrons. The van der Waals surface area contributed by atoms with Gasteiger partial charge in [0.1, 0.15) is 5.82 Å². The zero-order valence-corrected chi connectivity index (χ0v) is 23.8. The number of nitrogens with one attached hydrogen (secondary N) is 2. The summed E-state index contributed by atoms with van der Waals surface area (Å²) in [6, 6.07) is 13.2. The van der Waals surface area contributed by atoms with Crippen molar-refractivity contribution in [2.24, 2.45) is 5.73 Å². The predicted molar refractivity (Wildman–Crippen MR) is 152 cm³/mol. The van der Waals surface area contributed by atoms with Gasteiger partial charge in [-0.25, -0.2) is 13.2 Å². The maximum Gasteiger partial charge on any atom is 0.248 e. The number of halogens is 3. The summed E-state index contributed by atoms with van der Waals surface area (Å²) in [5.41, 5.74) is 7.76. The first-order chi connectivity index (χ1) is 19.6. The van der Waals surface area contributed by atoms with E-state index >= 15 is 0 Å². The number of nitrogens with two attached hydrogens (primary N) is 1. The van der Waals surface area contributed by atoms with Crippen LogP contribution in [-0.2, 0) is 27.7 Å². The molecule has 6 atom stereocenters. The summed E-state index contributed by atoms with van der Waals surface area (Å²) in [5.74, 6) is -3.50. The Morgan fingerprint density at radius 2 is 1.83 bits per heavy atom. The zero-order valence-electron chi connectivity index (χ0n) is 23.0. The lowest BCUT2D eigenvalue weighted by atomic mass is 9.64. The molecule has 0 bridgehead atoms. The number of fused-ring (bicyclic) bond motifs is 1. The Hall–Kier alpha value is -2.31. The van der Waals surface area contributed by atoms with Gasteiger partial charge in [0.2, 0.25) is 11.8 Å². The Bertz CT molecular complexity index is 1240. The third kappa shape index (κ3) is 7.02. The van der Waals surface area contributed by atoms with Crippen LogP contribution >= 0.6 is 0 Å². The molecule has 11 heteroatoms. The van der Waals surface area contributed by atoms with E-state index in [1.165, 1.54) is 12.1 Å². The Morgan fingerprint density at radius 3 is 2.54 bits per heavy atom. The average molecular weight is 592 g/mol. The van der Waals surface area contributed by atoms with Gasteiger partial charge in [-0.2, -0.15) is 0 Å². The number of amides is 1. The minimum atomic E-state index is -2.81. The third-order valence-electron chi connectivity index (χ3n) is 9.26. The lowest BCUT2D eigenvalue weighted by molar-refractivity contribution is -0.121. The zero-order chi connectivity index (χ0) is 29.2. The molecule has 4 unspecified atom stereocenters. The molecule has 3 aliphatic rings. The number of benzene rings is 2. The number of carbonyl (C=O) groups is 1. The number of nitrogens with zero attached hydrogens (tertiary/aromatic N) is 1. The molecule has 2 saturated heterocycles. The molecule has 2 aromatic carbocycles. The molecule has 1 saturated carbocycles. The molecule has 0 spiro atoms. The van der Waals surface area contributed by atoms with Crippen LogP contribution in [-0.4, -0.2) is 68.5 Å². The highest BCUT2D eigenvalue weighted by molar-refractivity contribution is 7.79. The second-order valence-electron chi connectivity index (χ2n) is 11.8. The van der Waals surface area contributed by atoms with Gasteiger partial charge in [0.05, 0.1) is 6.04 Å². The summed E-state index contributed by atoms with van der Waals surface area (Å²) in [6.07, 6.45) is 2.41. The van der Waals surface area contributed by atoms with E-state index in [-0.39, 0.29) is 31.4 Å². The number of hydrogen-bond donors (Lipinski definition) is 3. The molecule has 2 aliphatic heterocycles. The van der Waals surface area contributed by atoms with Crippen LogP contribution in [0.4, 0.5) is 18.9 Å². The van der Waals surface area contributed by atoms with Crippen molar-refractivity contribution in [3.8, 4) is 0 Å². The first kappa shape index (κ1) is 30.2. The molecular formula is C30H38F3N4O3S-. The second-order valence-corrected chi connectivity index (χ2v) is 12.8. The quantitative estimate of drug-likeness (QED) is 0.271. The molecule has 5 rings (SSSR count). The van der Waals surface area contributed by atoms with E-state index in [0.717, 1.165) is 37.9 Å². The molecule has 2 aromatic rings. The minimum Gasteiger partial charge on any atom is -0.772 e. The van der Waals surface area contributed by atoms with Crippen LogP contribution in [0.5, 0.6) is 0 Å². The van der Waals surface area contributed by atoms with E-state index in [0.29, 0.717) is 35.8 Å². The number of para-hydroxylation sites is 1. The number of aryl methyl sites for hydroxylation is 1. The van der Waals surface area contributed by atoms with Crippen molar-refractivity contribution in [3.63, 3.8) is 0 Å². The monoisotopic (exact) mass is 591 g/mol. The van der Waals surface area contributed by atoms with Gasteiger partial charge in [0.25, 0.3) is 0 Å². The predicted octanol–water partition coefficient (Wildman–Crippen LogP) is 3.86. The van der Waals surface area contributed by atoms with Gasteiger partial charge in [-0.3, -0.25) is 13.9 Å². The van der Waals surface area contributed by atoms with Crippen LogP contribution in [0.1, 0.15) is 56.1 Å². The molecule has 41 heavy (non-hydrogen) atoms. The van der Waals surface area contributed by atoms with Gasteiger partial charge in [0.15, 0.2) is 0 Å². The highest BCUT2D eigenvalue weighted by atomic mass is 32.2. The van der Waals surface area contributed by atoms with Crippen LogP contribution in [0.25, 0.3) is 0 Å². The van der Waals surface area contributed by atoms with Crippen LogP contribution in [0, 0.1) is 5.82 Å². The largest absolute Gasteiger partial charge is 0.772 e. The molecule has 1 aliphatic carbocycles. The van der Waals surface area contributed by atoms with Crippen molar-refractivity contribution in [2.75, 3.05) is 24.2 Å². The van der Waals surface area contributed by atoms with Gasteiger partial charge in [-0.1, -0.05) is 41.4 Å². The first-order valence-electron chi connectivity index (χ1n) is 14.4.